The Balaban J connectivity index is 3.04. The van der Waals surface area contributed by atoms with Crippen molar-refractivity contribution in [2.75, 3.05) is 6.61 Å². The fraction of sp³-hybridized carbons (Fsp3) is 0.250. The van der Waals surface area contributed by atoms with E-state index in [-0.39, 0.29) is 6.61 Å². The summed E-state index contributed by atoms with van der Waals surface area (Å²) in [5.74, 6) is -1.58. The molecule has 1 rings (SSSR count). The molecule has 0 amide bonds. The number of carbonyl (C=O) groups is 2. The Labute approximate surface area is 98.7 Å². The Morgan fingerprint density at radius 3 is 2.53 bits per heavy atom. The van der Waals surface area contributed by atoms with E-state index in [1.807, 2.05) is 0 Å². The number of benzene rings is 1. The lowest BCUT2D eigenvalue weighted by molar-refractivity contribution is -0.135. The van der Waals surface area contributed by atoms with Gasteiger partial charge < -0.3 is 9.94 Å². The van der Waals surface area contributed by atoms with Crippen molar-refractivity contribution in [2.24, 2.45) is 5.16 Å². The topological polar surface area (TPSA) is 76.0 Å². The number of oxime groups is 1. The highest BCUT2D eigenvalue weighted by molar-refractivity contribution is 6.67. The molecule has 5 nitrogen and oxygen atoms in total. The van der Waals surface area contributed by atoms with E-state index in [0.717, 1.165) is 0 Å². The summed E-state index contributed by atoms with van der Waals surface area (Å²) < 4.78 is 4.63. The summed E-state index contributed by atoms with van der Waals surface area (Å²) in [6.45, 7) is 3.44. The molecule has 0 aliphatic rings. The largest absolute Gasteiger partial charge is 0.461 e. The van der Waals surface area contributed by atoms with Gasteiger partial charge in [-0.15, -0.1) is 0 Å². The van der Waals surface area contributed by atoms with E-state index in [9.17, 15) is 9.59 Å². The quantitative estimate of drug-likeness (QED) is 0.215. The maximum absolute atomic E-state index is 11.9. The maximum Gasteiger partial charge on any atom is 0.364 e. The van der Waals surface area contributed by atoms with Crippen molar-refractivity contribution in [2.45, 2.75) is 13.8 Å². The van der Waals surface area contributed by atoms with Gasteiger partial charge >= 0.3 is 5.97 Å². The first-order chi connectivity index (χ1) is 8.11. The molecule has 17 heavy (non-hydrogen) atoms. The van der Waals surface area contributed by atoms with Crippen molar-refractivity contribution in [1.82, 2.24) is 0 Å². The normalized spacial score (nSPS) is 11.1. The van der Waals surface area contributed by atoms with Crippen LogP contribution in [0.3, 0.4) is 0 Å². The highest BCUT2D eigenvalue weighted by atomic mass is 16.5. The Bertz CT molecular complexity index is 465. The molecule has 0 heterocycles. The average molecular weight is 235 g/mol. The standard InChI is InChI=1S/C12H13NO4/c1-3-17-12(15)10(13-16)11(14)9-7-5-4-6-8(9)2/h4-7,16H,3H2,1-2H3/b13-10-. The summed E-state index contributed by atoms with van der Waals surface area (Å²) in [5, 5.41) is 11.4. The summed E-state index contributed by atoms with van der Waals surface area (Å²) in [5.41, 5.74) is 0.400. The Morgan fingerprint density at radius 2 is 2.00 bits per heavy atom. The van der Waals surface area contributed by atoms with Gasteiger partial charge in [0.2, 0.25) is 11.5 Å². The van der Waals surface area contributed by atoms with Crippen LogP contribution >= 0.6 is 0 Å². The van der Waals surface area contributed by atoms with Gasteiger partial charge in [-0.2, -0.15) is 0 Å². The molecule has 0 aliphatic carbocycles. The first-order valence-electron chi connectivity index (χ1n) is 5.11. The lowest BCUT2D eigenvalue weighted by Gasteiger charge is -2.05. The van der Waals surface area contributed by atoms with Crippen LogP contribution in [-0.4, -0.2) is 29.3 Å². The first-order valence-corrected chi connectivity index (χ1v) is 5.11. The molecule has 0 aliphatic heterocycles. The summed E-state index contributed by atoms with van der Waals surface area (Å²) >= 11 is 0. The number of ether oxygens (including phenoxy) is 1. The second-order valence-corrected chi connectivity index (χ2v) is 3.31. The monoisotopic (exact) mass is 235 g/mol. The molecule has 0 aromatic heterocycles. The van der Waals surface area contributed by atoms with Crippen molar-refractivity contribution in [3.63, 3.8) is 0 Å². The Morgan fingerprint density at radius 1 is 1.35 bits per heavy atom. The molecule has 0 bridgehead atoms. The molecule has 90 valence electrons. The predicted octanol–water partition coefficient (Wildman–Crippen LogP) is 1.57. The molecule has 0 unspecified atom stereocenters. The molecule has 1 aromatic carbocycles. The van der Waals surface area contributed by atoms with E-state index in [0.29, 0.717) is 11.1 Å². The Hall–Kier alpha value is -2.17. The highest BCUT2D eigenvalue weighted by Crippen LogP contribution is 2.09. The van der Waals surface area contributed by atoms with Crippen LogP contribution in [-0.2, 0) is 9.53 Å². The zero-order valence-electron chi connectivity index (χ0n) is 9.64. The number of rotatable bonds is 4. The van der Waals surface area contributed by atoms with Gasteiger partial charge in [-0.3, -0.25) is 4.79 Å². The van der Waals surface area contributed by atoms with E-state index in [1.165, 1.54) is 0 Å². The number of Topliss-reactive ketones (excluding diaryl/α,β-unsaturated/α-hetero) is 1. The zero-order chi connectivity index (χ0) is 12.8. The number of carbonyl (C=O) groups excluding carboxylic acids is 2. The second kappa shape index (κ2) is 5.79. The Kier molecular flexibility index (Phi) is 4.39. The van der Waals surface area contributed by atoms with Gasteiger partial charge in [0.1, 0.15) is 0 Å². The smallest absolute Gasteiger partial charge is 0.364 e. The lowest BCUT2D eigenvalue weighted by Crippen LogP contribution is -2.27. The fourth-order valence-electron chi connectivity index (χ4n) is 1.33. The van der Waals surface area contributed by atoms with Gasteiger partial charge in [0.15, 0.2) is 0 Å². The number of nitrogens with zero attached hydrogens (tertiary/aromatic N) is 1. The molecule has 1 aromatic rings. The van der Waals surface area contributed by atoms with E-state index >= 15 is 0 Å². The summed E-state index contributed by atoms with van der Waals surface area (Å²) in [4.78, 5) is 23.3. The van der Waals surface area contributed by atoms with Crippen LogP contribution in [0, 0.1) is 6.92 Å². The van der Waals surface area contributed by atoms with E-state index < -0.39 is 17.5 Å². The number of hydrogen-bond donors (Lipinski definition) is 1. The zero-order valence-corrected chi connectivity index (χ0v) is 9.64. The van der Waals surface area contributed by atoms with Crippen molar-refractivity contribution >= 4 is 17.5 Å². The van der Waals surface area contributed by atoms with Gasteiger partial charge in [-0.05, 0) is 19.4 Å². The molecule has 0 saturated heterocycles. The van der Waals surface area contributed by atoms with Crippen molar-refractivity contribution in [3.8, 4) is 0 Å². The predicted molar refractivity (Wildman–Crippen MR) is 61.4 cm³/mol. The molecule has 1 N–H and O–H groups in total. The third-order valence-electron chi connectivity index (χ3n) is 2.17. The molecule has 0 spiro atoms. The van der Waals surface area contributed by atoms with E-state index in [1.54, 1.807) is 38.1 Å². The van der Waals surface area contributed by atoms with Crippen molar-refractivity contribution in [1.29, 1.82) is 0 Å². The van der Waals surface area contributed by atoms with Gasteiger partial charge in [-0.25, -0.2) is 4.79 Å². The van der Waals surface area contributed by atoms with Crippen LogP contribution in [0.5, 0.6) is 0 Å². The minimum Gasteiger partial charge on any atom is -0.461 e. The number of hydrogen-bond acceptors (Lipinski definition) is 5. The fourth-order valence-corrected chi connectivity index (χ4v) is 1.33. The van der Waals surface area contributed by atoms with E-state index in [4.69, 9.17) is 5.21 Å². The van der Waals surface area contributed by atoms with Crippen LogP contribution in [0.25, 0.3) is 0 Å². The van der Waals surface area contributed by atoms with Crippen LogP contribution in [0.1, 0.15) is 22.8 Å². The molecule has 0 fully saturated rings. The maximum atomic E-state index is 11.9. The van der Waals surface area contributed by atoms with Crippen molar-refractivity contribution < 1.29 is 19.5 Å². The molecule has 5 heteroatoms. The SMILES string of the molecule is CCOC(=O)/C(=N\O)C(=O)c1ccccc1C. The molecule has 0 atom stereocenters. The molecular formula is C12H13NO4. The highest BCUT2D eigenvalue weighted by Gasteiger charge is 2.24. The number of aryl methyl sites for hydroxylation is 1. The van der Waals surface area contributed by atoms with Crippen LogP contribution < -0.4 is 0 Å². The first kappa shape index (κ1) is 12.9. The lowest BCUT2D eigenvalue weighted by atomic mass is 10.0. The summed E-state index contributed by atoms with van der Waals surface area (Å²) in [7, 11) is 0. The van der Waals surface area contributed by atoms with Crippen molar-refractivity contribution in [3.05, 3.63) is 35.4 Å². The molecule has 0 radical (unpaired) electrons. The van der Waals surface area contributed by atoms with Gasteiger partial charge in [0, 0.05) is 5.56 Å². The summed E-state index contributed by atoms with van der Waals surface area (Å²) in [6.07, 6.45) is 0. The third kappa shape index (κ3) is 2.90. The average Bonchev–Trinajstić information content (AvgIpc) is 2.30. The van der Waals surface area contributed by atoms with E-state index in [2.05, 4.69) is 9.89 Å². The summed E-state index contributed by atoms with van der Waals surface area (Å²) in [6, 6.07) is 6.72. The third-order valence-corrected chi connectivity index (χ3v) is 2.17. The number of esters is 1. The minimum absolute atomic E-state index is 0.110. The van der Waals surface area contributed by atoms with Crippen LogP contribution in [0.15, 0.2) is 29.4 Å². The van der Waals surface area contributed by atoms with Gasteiger partial charge in [0.25, 0.3) is 0 Å². The minimum atomic E-state index is -0.928. The molecule has 0 saturated carbocycles. The van der Waals surface area contributed by atoms with Crippen LogP contribution in [0.4, 0.5) is 0 Å². The van der Waals surface area contributed by atoms with Gasteiger partial charge in [0.05, 0.1) is 6.61 Å². The van der Waals surface area contributed by atoms with Gasteiger partial charge in [-0.1, -0.05) is 29.4 Å². The molecular weight excluding hydrogens is 222 g/mol. The van der Waals surface area contributed by atoms with Crippen LogP contribution in [0.2, 0.25) is 0 Å². The second-order valence-electron chi connectivity index (χ2n) is 3.31. The number of ketones is 1.